The van der Waals surface area contributed by atoms with Gasteiger partial charge in [-0.25, -0.2) is 0 Å². The Kier molecular flexibility index (Phi) is 5.67. The van der Waals surface area contributed by atoms with Gasteiger partial charge in [-0.3, -0.25) is 0 Å². The molecule has 4 aromatic rings. The molecule has 1 aromatic heterocycles. The van der Waals surface area contributed by atoms with Gasteiger partial charge in [0, 0.05) is 16.5 Å². The number of hydrogen-bond acceptors (Lipinski definition) is 5. The van der Waals surface area contributed by atoms with E-state index in [0.29, 0.717) is 5.56 Å². The van der Waals surface area contributed by atoms with E-state index in [0.717, 1.165) is 38.4 Å². The van der Waals surface area contributed by atoms with E-state index < -0.39 is 36.6 Å². The Morgan fingerprint density at radius 2 is 0.974 bits per heavy atom. The van der Waals surface area contributed by atoms with Crippen LogP contribution in [0.2, 0.25) is 0 Å². The van der Waals surface area contributed by atoms with Gasteiger partial charge in [-0.15, -0.1) is 0 Å². The van der Waals surface area contributed by atoms with Crippen LogP contribution in [0.25, 0.3) is 27.5 Å². The first-order valence-corrected chi connectivity index (χ1v) is 13.5. The molecule has 0 spiro atoms. The van der Waals surface area contributed by atoms with Gasteiger partial charge in [-0.2, -0.15) is 5.26 Å². The van der Waals surface area contributed by atoms with Crippen LogP contribution in [0.5, 0.6) is 0 Å². The Hall–Kier alpha value is -3.08. The minimum Gasteiger partial charge on any atom is -0.399 e. The molecule has 3 heterocycles. The van der Waals surface area contributed by atoms with Gasteiger partial charge in [-0.05, 0) is 103 Å². The lowest BCUT2D eigenvalue weighted by atomic mass is 9.77. The number of nitriles is 1. The second kappa shape index (κ2) is 8.46. The second-order valence-corrected chi connectivity index (χ2v) is 12.7. The molecular formula is C31H34B2N2O4. The minimum atomic E-state index is -0.459. The highest BCUT2D eigenvalue weighted by Gasteiger charge is 2.53. The van der Waals surface area contributed by atoms with Crippen LogP contribution < -0.4 is 10.9 Å². The molecule has 0 saturated carbocycles. The molecule has 39 heavy (non-hydrogen) atoms. The molecule has 0 amide bonds. The summed E-state index contributed by atoms with van der Waals surface area (Å²) in [5.74, 6) is 0. The maximum Gasteiger partial charge on any atom is 0.494 e. The highest BCUT2D eigenvalue weighted by atomic mass is 16.7. The summed E-state index contributed by atoms with van der Waals surface area (Å²) in [6.07, 6.45) is 0. The van der Waals surface area contributed by atoms with Crippen molar-refractivity contribution in [2.45, 2.75) is 77.8 Å². The van der Waals surface area contributed by atoms with Crippen LogP contribution in [0.15, 0.2) is 60.7 Å². The van der Waals surface area contributed by atoms with Gasteiger partial charge >= 0.3 is 14.2 Å². The summed E-state index contributed by atoms with van der Waals surface area (Å²) in [7, 11) is -0.919. The highest BCUT2D eigenvalue weighted by Crippen LogP contribution is 2.39. The molecule has 0 aliphatic carbocycles. The van der Waals surface area contributed by atoms with Crippen molar-refractivity contribution < 1.29 is 18.6 Å². The van der Waals surface area contributed by atoms with Crippen molar-refractivity contribution in [2.24, 2.45) is 0 Å². The average Bonchev–Trinajstić information content (AvgIpc) is 3.40. The van der Waals surface area contributed by atoms with E-state index in [1.165, 1.54) is 0 Å². The van der Waals surface area contributed by atoms with Crippen LogP contribution >= 0.6 is 0 Å². The van der Waals surface area contributed by atoms with E-state index >= 15 is 0 Å². The summed E-state index contributed by atoms with van der Waals surface area (Å²) >= 11 is 0. The van der Waals surface area contributed by atoms with E-state index in [4.69, 9.17) is 18.6 Å². The lowest BCUT2D eigenvalue weighted by Gasteiger charge is -2.32. The number of benzene rings is 3. The van der Waals surface area contributed by atoms with Crippen LogP contribution in [-0.4, -0.2) is 41.2 Å². The number of fused-ring (bicyclic) bond motifs is 3. The van der Waals surface area contributed by atoms with Crippen molar-refractivity contribution in [2.75, 3.05) is 0 Å². The van der Waals surface area contributed by atoms with Crippen molar-refractivity contribution in [3.63, 3.8) is 0 Å². The first kappa shape index (κ1) is 26.2. The van der Waals surface area contributed by atoms with E-state index in [2.05, 4.69) is 102 Å². The zero-order chi connectivity index (χ0) is 28.0. The maximum absolute atomic E-state index is 9.31. The van der Waals surface area contributed by atoms with Crippen molar-refractivity contribution in [1.29, 1.82) is 5.26 Å². The molecule has 2 aliphatic rings. The smallest absolute Gasteiger partial charge is 0.399 e. The van der Waals surface area contributed by atoms with Crippen molar-refractivity contribution in [1.82, 2.24) is 4.57 Å². The van der Waals surface area contributed by atoms with Crippen LogP contribution in [0.3, 0.4) is 0 Å². The normalized spacial score (nSPS) is 21.1. The van der Waals surface area contributed by atoms with Crippen molar-refractivity contribution in [3.05, 3.63) is 66.2 Å². The summed E-state index contributed by atoms with van der Waals surface area (Å²) < 4.78 is 27.7. The number of aromatic nitrogens is 1. The number of nitrogens with zero attached hydrogens (tertiary/aromatic N) is 2. The van der Waals surface area contributed by atoms with Crippen LogP contribution in [0.1, 0.15) is 61.0 Å². The third-order valence-corrected chi connectivity index (χ3v) is 9.12. The summed E-state index contributed by atoms with van der Waals surface area (Å²) in [6.45, 7) is 16.5. The molecule has 6 nitrogen and oxygen atoms in total. The van der Waals surface area contributed by atoms with E-state index in [9.17, 15) is 5.26 Å². The third-order valence-electron chi connectivity index (χ3n) is 9.12. The van der Waals surface area contributed by atoms with E-state index in [-0.39, 0.29) is 0 Å². The molecule has 0 bridgehead atoms. The number of hydrogen-bond donors (Lipinski definition) is 0. The van der Waals surface area contributed by atoms with Gasteiger partial charge in [0.05, 0.1) is 45.1 Å². The second-order valence-electron chi connectivity index (χ2n) is 12.7. The fraction of sp³-hybridized carbons (Fsp3) is 0.387. The Bertz CT molecular complexity index is 1520. The Morgan fingerprint density at radius 1 is 0.590 bits per heavy atom. The van der Waals surface area contributed by atoms with Crippen LogP contribution in [0, 0.1) is 11.3 Å². The Morgan fingerprint density at radius 3 is 1.33 bits per heavy atom. The predicted molar refractivity (Wildman–Crippen MR) is 157 cm³/mol. The van der Waals surface area contributed by atoms with Crippen LogP contribution in [-0.2, 0) is 18.6 Å². The molecule has 2 aliphatic heterocycles. The van der Waals surface area contributed by atoms with Gasteiger partial charge in [0.15, 0.2) is 0 Å². The zero-order valence-electron chi connectivity index (χ0n) is 24.0. The fourth-order valence-electron chi connectivity index (χ4n) is 5.27. The average molecular weight is 520 g/mol. The minimum absolute atomic E-state index is 0.424. The molecule has 6 rings (SSSR count). The van der Waals surface area contributed by atoms with Gasteiger partial charge in [0.2, 0.25) is 0 Å². The molecule has 198 valence electrons. The van der Waals surface area contributed by atoms with Gasteiger partial charge in [-0.1, -0.05) is 24.3 Å². The molecule has 0 atom stereocenters. The third kappa shape index (κ3) is 4.03. The lowest BCUT2D eigenvalue weighted by Crippen LogP contribution is -2.41. The standard InChI is InChI=1S/C31H34B2N2O4/c1-28(2)29(3,4)37-32(36-28)21-11-15-26-24(17-21)25-18-22(33-38-30(5,6)31(7,8)39-33)12-16-27(25)35(26)23-13-9-20(19-34)10-14-23/h9-18H,1-8H3. The molecular weight excluding hydrogens is 486 g/mol. The Labute approximate surface area is 231 Å². The predicted octanol–water partition coefficient (Wildman–Crippen LogP) is 5.25. The lowest BCUT2D eigenvalue weighted by molar-refractivity contribution is 0.00578. The Balaban J connectivity index is 1.53. The SMILES string of the molecule is CC1(C)OB(c2ccc3c(c2)c2cc(B4OC(C)(C)C(C)(C)O4)ccc2n3-c2ccc(C#N)cc2)OC1(C)C. The molecule has 2 saturated heterocycles. The quantitative estimate of drug-likeness (QED) is 0.346. The topological polar surface area (TPSA) is 65.6 Å². The number of rotatable bonds is 3. The zero-order valence-corrected chi connectivity index (χ0v) is 24.0. The first-order valence-electron chi connectivity index (χ1n) is 13.5. The summed E-state index contributed by atoms with van der Waals surface area (Å²) in [5.41, 5.74) is 3.98. The molecule has 3 aromatic carbocycles. The molecule has 0 unspecified atom stereocenters. The summed E-state index contributed by atoms with van der Waals surface area (Å²) in [4.78, 5) is 0. The summed E-state index contributed by atoms with van der Waals surface area (Å²) in [5, 5.41) is 11.5. The maximum atomic E-state index is 9.31. The summed E-state index contributed by atoms with van der Waals surface area (Å²) in [6, 6.07) is 22.7. The van der Waals surface area contributed by atoms with Gasteiger partial charge in [0.1, 0.15) is 0 Å². The fourth-order valence-corrected chi connectivity index (χ4v) is 5.27. The van der Waals surface area contributed by atoms with E-state index in [1.807, 2.05) is 24.3 Å². The molecule has 0 N–H and O–H groups in total. The van der Waals surface area contributed by atoms with Crippen molar-refractivity contribution >= 4 is 47.0 Å². The first-order chi connectivity index (χ1) is 18.2. The van der Waals surface area contributed by atoms with Gasteiger partial charge in [0.25, 0.3) is 0 Å². The van der Waals surface area contributed by atoms with Crippen LogP contribution in [0.4, 0.5) is 0 Å². The van der Waals surface area contributed by atoms with Crippen molar-refractivity contribution in [3.8, 4) is 11.8 Å². The van der Waals surface area contributed by atoms with Gasteiger partial charge < -0.3 is 23.2 Å². The molecule has 0 radical (unpaired) electrons. The molecule has 2 fully saturated rings. The van der Waals surface area contributed by atoms with E-state index in [1.54, 1.807) is 0 Å². The highest BCUT2D eigenvalue weighted by molar-refractivity contribution is 6.63. The molecule has 8 heteroatoms. The largest absolute Gasteiger partial charge is 0.494 e. The monoisotopic (exact) mass is 520 g/mol.